The highest BCUT2D eigenvalue weighted by atomic mass is 79.9. The van der Waals surface area contributed by atoms with Crippen molar-refractivity contribution in [3.63, 3.8) is 0 Å². The van der Waals surface area contributed by atoms with Gasteiger partial charge in [0.25, 0.3) is 0 Å². The van der Waals surface area contributed by atoms with Crippen LogP contribution in [0.25, 0.3) is 0 Å². The van der Waals surface area contributed by atoms with E-state index in [0.29, 0.717) is 0 Å². The number of ether oxygens (including phenoxy) is 1. The Kier molecular flexibility index (Phi) is 4.66. The van der Waals surface area contributed by atoms with E-state index in [-0.39, 0.29) is 0 Å². The van der Waals surface area contributed by atoms with Gasteiger partial charge < -0.3 is 10.1 Å². The third kappa shape index (κ3) is 3.50. The zero-order valence-corrected chi connectivity index (χ0v) is 13.1. The lowest BCUT2D eigenvalue weighted by Crippen LogP contribution is -1.99. The molecule has 0 radical (unpaired) electrons. The van der Waals surface area contributed by atoms with Crippen LogP contribution < -0.4 is 10.1 Å². The van der Waals surface area contributed by atoms with Crippen LogP contribution in [0.4, 0.5) is 5.69 Å². The van der Waals surface area contributed by atoms with Gasteiger partial charge in [-0.2, -0.15) is 0 Å². The first-order valence-electron chi connectivity index (χ1n) is 5.51. The van der Waals surface area contributed by atoms with Crippen molar-refractivity contribution in [1.29, 1.82) is 0 Å². The fourth-order valence-electron chi connectivity index (χ4n) is 1.58. The minimum atomic E-state index is 0.790. The van der Waals surface area contributed by atoms with Crippen LogP contribution >= 0.6 is 31.9 Å². The van der Waals surface area contributed by atoms with E-state index in [0.717, 1.165) is 26.9 Å². The second-order valence-corrected chi connectivity index (χ2v) is 5.60. The molecular weight excluding hydrogens is 358 g/mol. The molecule has 0 aromatic heterocycles. The van der Waals surface area contributed by atoms with Crippen LogP contribution in [0.2, 0.25) is 0 Å². The summed E-state index contributed by atoms with van der Waals surface area (Å²) in [5, 5.41) is 3.37. The summed E-state index contributed by atoms with van der Waals surface area (Å²) in [6.45, 7) is 0.790. The first-order valence-corrected chi connectivity index (χ1v) is 7.09. The Morgan fingerprint density at radius 1 is 1.06 bits per heavy atom. The lowest BCUT2D eigenvalue weighted by molar-refractivity contribution is 0.412. The standard InChI is InChI=1S/C14H13Br2NO/c1-18-14-8-12(6-7-13(14)16)17-9-10-2-4-11(15)5-3-10/h2-8,17H,9H2,1H3. The van der Waals surface area contributed by atoms with Crippen LogP contribution in [0, 0.1) is 0 Å². The maximum Gasteiger partial charge on any atom is 0.135 e. The van der Waals surface area contributed by atoms with Gasteiger partial charge >= 0.3 is 0 Å². The van der Waals surface area contributed by atoms with Crippen LogP contribution in [0.3, 0.4) is 0 Å². The van der Waals surface area contributed by atoms with Gasteiger partial charge in [0.15, 0.2) is 0 Å². The monoisotopic (exact) mass is 369 g/mol. The van der Waals surface area contributed by atoms with Gasteiger partial charge in [0.2, 0.25) is 0 Å². The van der Waals surface area contributed by atoms with Crippen molar-refractivity contribution in [2.45, 2.75) is 6.54 Å². The highest BCUT2D eigenvalue weighted by molar-refractivity contribution is 9.10. The molecule has 0 heterocycles. The number of hydrogen-bond acceptors (Lipinski definition) is 2. The van der Waals surface area contributed by atoms with Crippen molar-refractivity contribution in [2.75, 3.05) is 12.4 Å². The summed E-state index contributed by atoms with van der Waals surface area (Å²) in [6, 6.07) is 14.2. The summed E-state index contributed by atoms with van der Waals surface area (Å²) >= 11 is 6.86. The molecule has 2 nitrogen and oxygen atoms in total. The molecule has 0 aliphatic carbocycles. The Morgan fingerprint density at radius 3 is 2.44 bits per heavy atom. The molecule has 2 aromatic rings. The van der Waals surface area contributed by atoms with E-state index in [4.69, 9.17) is 4.74 Å². The maximum absolute atomic E-state index is 5.26. The fraction of sp³-hybridized carbons (Fsp3) is 0.143. The molecular formula is C14H13Br2NO. The average Bonchev–Trinajstić information content (AvgIpc) is 2.39. The quantitative estimate of drug-likeness (QED) is 0.831. The molecule has 0 unspecified atom stereocenters. The minimum Gasteiger partial charge on any atom is -0.495 e. The van der Waals surface area contributed by atoms with Gasteiger partial charge in [-0.3, -0.25) is 0 Å². The van der Waals surface area contributed by atoms with Crippen LogP contribution in [0.15, 0.2) is 51.4 Å². The molecule has 2 rings (SSSR count). The van der Waals surface area contributed by atoms with Gasteiger partial charge in [-0.05, 0) is 45.8 Å². The summed E-state index contributed by atoms with van der Waals surface area (Å²) in [6.07, 6.45) is 0. The summed E-state index contributed by atoms with van der Waals surface area (Å²) in [4.78, 5) is 0. The molecule has 0 fully saturated rings. The molecule has 0 saturated carbocycles. The molecule has 0 saturated heterocycles. The van der Waals surface area contributed by atoms with Gasteiger partial charge in [0, 0.05) is 22.8 Å². The largest absolute Gasteiger partial charge is 0.495 e. The SMILES string of the molecule is COc1cc(NCc2ccc(Br)cc2)ccc1Br. The number of halogens is 2. The van der Waals surface area contributed by atoms with Crippen molar-refractivity contribution in [3.05, 3.63) is 57.0 Å². The first kappa shape index (κ1) is 13.4. The molecule has 1 N–H and O–H groups in total. The van der Waals surface area contributed by atoms with E-state index in [1.165, 1.54) is 5.56 Å². The Labute approximate surface area is 124 Å². The zero-order valence-electron chi connectivity index (χ0n) is 9.91. The summed E-state index contributed by atoms with van der Waals surface area (Å²) < 4.78 is 7.31. The molecule has 0 bridgehead atoms. The highest BCUT2D eigenvalue weighted by Gasteiger charge is 2.01. The van der Waals surface area contributed by atoms with Crippen LogP contribution in [0.1, 0.15) is 5.56 Å². The van der Waals surface area contributed by atoms with E-state index in [9.17, 15) is 0 Å². The highest BCUT2D eigenvalue weighted by Crippen LogP contribution is 2.28. The Balaban J connectivity index is 2.04. The number of methoxy groups -OCH3 is 1. The molecule has 2 aromatic carbocycles. The predicted octanol–water partition coefficient (Wildman–Crippen LogP) is 4.83. The van der Waals surface area contributed by atoms with Gasteiger partial charge in [-0.1, -0.05) is 28.1 Å². The summed E-state index contributed by atoms with van der Waals surface area (Å²) in [5.74, 6) is 0.829. The number of rotatable bonds is 4. The third-order valence-electron chi connectivity index (χ3n) is 2.56. The Hall–Kier alpha value is -1.00. The van der Waals surface area contributed by atoms with Gasteiger partial charge in [-0.15, -0.1) is 0 Å². The zero-order chi connectivity index (χ0) is 13.0. The Morgan fingerprint density at radius 2 is 1.78 bits per heavy atom. The molecule has 0 atom stereocenters. The number of nitrogens with one attached hydrogen (secondary N) is 1. The van der Waals surface area contributed by atoms with Crippen molar-refractivity contribution in [3.8, 4) is 5.75 Å². The van der Waals surface area contributed by atoms with E-state index >= 15 is 0 Å². The number of anilines is 1. The number of benzene rings is 2. The molecule has 0 amide bonds. The van der Waals surface area contributed by atoms with E-state index in [1.807, 2.05) is 30.3 Å². The average molecular weight is 371 g/mol. The first-order chi connectivity index (χ1) is 8.69. The molecule has 0 spiro atoms. The molecule has 0 aliphatic rings. The van der Waals surface area contributed by atoms with E-state index < -0.39 is 0 Å². The van der Waals surface area contributed by atoms with Crippen LogP contribution in [-0.2, 0) is 6.54 Å². The van der Waals surface area contributed by atoms with Crippen molar-refractivity contribution in [2.24, 2.45) is 0 Å². The van der Waals surface area contributed by atoms with Crippen molar-refractivity contribution >= 4 is 37.5 Å². The minimum absolute atomic E-state index is 0.790. The topological polar surface area (TPSA) is 21.3 Å². The van der Waals surface area contributed by atoms with E-state index in [2.05, 4.69) is 49.3 Å². The second-order valence-electron chi connectivity index (χ2n) is 3.83. The molecule has 94 valence electrons. The lowest BCUT2D eigenvalue weighted by atomic mass is 10.2. The second kappa shape index (κ2) is 6.25. The number of hydrogen-bond donors (Lipinski definition) is 1. The third-order valence-corrected chi connectivity index (χ3v) is 3.74. The van der Waals surface area contributed by atoms with Crippen LogP contribution in [0.5, 0.6) is 5.75 Å². The van der Waals surface area contributed by atoms with Crippen molar-refractivity contribution < 1.29 is 4.74 Å². The molecule has 18 heavy (non-hydrogen) atoms. The van der Waals surface area contributed by atoms with Gasteiger partial charge in [0.05, 0.1) is 11.6 Å². The van der Waals surface area contributed by atoms with Gasteiger partial charge in [-0.25, -0.2) is 0 Å². The predicted molar refractivity (Wildman–Crippen MR) is 82.2 cm³/mol. The lowest BCUT2D eigenvalue weighted by Gasteiger charge is -2.09. The van der Waals surface area contributed by atoms with Crippen molar-refractivity contribution in [1.82, 2.24) is 0 Å². The van der Waals surface area contributed by atoms with Crippen LogP contribution in [-0.4, -0.2) is 7.11 Å². The smallest absolute Gasteiger partial charge is 0.135 e. The fourth-order valence-corrected chi connectivity index (χ4v) is 2.25. The normalized spacial score (nSPS) is 10.2. The maximum atomic E-state index is 5.26. The Bertz CT molecular complexity index is 526. The van der Waals surface area contributed by atoms with E-state index in [1.54, 1.807) is 7.11 Å². The molecule has 4 heteroatoms. The van der Waals surface area contributed by atoms with Gasteiger partial charge in [0.1, 0.15) is 5.75 Å². The summed E-state index contributed by atoms with van der Waals surface area (Å²) in [5.41, 5.74) is 2.28. The summed E-state index contributed by atoms with van der Waals surface area (Å²) in [7, 11) is 1.67. The molecule has 0 aliphatic heterocycles.